The van der Waals surface area contributed by atoms with Crippen LogP contribution in [0, 0.1) is 0 Å². The lowest BCUT2D eigenvalue weighted by atomic mass is 10.2. The fourth-order valence-corrected chi connectivity index (χ4v) is 3.80. The summed E-state index contributed by atoms with van der Waals surface area (Å²) in [5.41, 5.74) is 1.35. The summed E-state index contributed by atoms with van der Waals surface area (Å²) in [5, 5.41) is 2.76. The molecule has 0 fully saturated rings. The second kappa shape index (κ2) is 9.99. The third-order valence-electron chi connectivity index (χ3n) is 4.33. The van der Waals surface area contributed by atoms with Crippen molar-refractivity contribution in [3.05, 3.63) is 78.4 Å². The lowest BCUT2D eigenvalue weighted by molar-refractivity contribution is 0.102. The molecule has 162 valence electrons. The maximum absolute atomic E-state index is 12.6. The average Bonchev–Trinajstić information content (AvgIpc) is 2.78. The minimum Gasteiger partial charge on any atom is -0.497 e. The Bertz CT molecular complexity index is 1130. The molecule has 0 aliphatic heterocycles. The second-order valence-corrected chi connectivity index (χ2v) is 8.37. The highest BCUT2D eigenvalue weighted by molar-refractivity contribution is 7.92. The van der Waals surface area contributed by atoms with Crippen LogP contribution in [0.2, 0.25) is 0 Å². The molecule has 0 bridgehead atoms. The van der Waals surface area contributed by atoms with E-state index in [0.717, 1.165) is 6.42 Å². The van der Waals surface area contributed by atoms with Gasteiger partial charge in [0.25, 0.3) is 15.9 Å². The van der Waals surface area contributed by atoms with Crippen LogP contribution < -0.4 is 19.5 Å². The molecule has 0 atom stereocenters. The third kappa shape index (κ3) is 5.99. The first-order valence-electron chi connectivity index (χ1n) is 9.72. The average molecular weight is 441 g/mol. The first-order valence-corrected chi connectivity index (χ1v) is 11.2. The Balaban J connectivity index is 1.67. The van der Waals surface area contributed by atoms with Crippen LogP contribution in [0.4, 0.5) is 11.4 Å². The Morgan fingerprint density at radius 3 is 2.23 bits per heavy atom. The maximum atomic E-state index is 12.6. The zero-order valence-corrected chi connectivity index (χ0v) is 18.1. The molecule has 3 rings (SSSR count). The van der Waals surface area contributed by atoms with Crippen LogP contribution in [-0.2, 0) is 10.0 Å². The van der Waals surface area contributed by atoms with Gasteiger partial charge in [-0.05, 0) is 73.2 Å². The molecular formula is C23H24N2O5S. The van der Waals surface area contributed by atoms with E-state index in [4.69, 9.17) is 9.47 Å². The Kier molecular flexibility index (Phi) is 7.15. The summed E-state index contributed by atoms with van der Waals surface area (Å²) in [6, 6.07) is 19.4. The quantitative estimate of drug-likeness (QED) is 0.510. The summed E-state index contributed by atoms with van der Waals surface area (Å²) in [6.45, 7) is 2.58. The van der Waals surface area contributed by atoms with Crippen molar-refractivity contribution in [2.75, 3.05) is 23.8 Å². The summed E-state index contributed by atoms with van der Waals surface area (Å²) in [5.74, 6) is 0.944. The minimum absolute atomic E-state index is 0.0799. The first-order chi connectivity index (χ1) is 14.9. The number of rotatable bonds is 9. The van der Waals surface area contributed by atoms with Gasteiger partial charge in [-0.25, -0.2) is 8.42 Å². The zero-order valence-electron chi connectivity index (χ0n) is 17.3. The number of amides is 1. The standard InChI is InChI=1S/C23H24N2O5S/c1-3-15-30-21-6-4-5-17(16-21)23(26)24-18-9-13-22(14-10-18)31(27,28)25-19-7-11-20(29-2)12-8-19/h4-14,16,25H,3,15H2,1-2H3,(H,24,26). The van der Waals surface area contributed by atoms with Crippen molar-refractivity contribution in [3.63, 3.8) is 0 Å². The van der Waals surface area contributed by atoms with Crippen LogP contribution in [0.15, 0.2) is 77.7 Å². The van der Waals surface area contributed by atoms with Crippen molar-refractivity contribution in [2.24, 2.45) is 0 Å². The largest absolute Gasteiger partial charge is 0.497 e. The summed E-state index contributed by atoms with van der Waals surface area (Å²) in [4.78, 5) is 12.6. The van der Waals surface area contributed by atoms with Crippen molar-refractivity contribution >= 4 is 27.3 Å². The molecule has 0 heterocycles. The monoisotopic (exact) mass is 440 g/mol. The van der Waals surface area contributed by atoms with Crippen molar-refractivity contribution in [3.8, 4) is 11.5 Å². The molecule has 0 aliphatic rings. The zero-order chi connectivity index (χ0) is 22.3. The Hall–Kier alpha value is -3.52. The third-order valence-corrected chi connectivity index (χ3v) is 5.73. The molecule has 0 saturated carbocycles. The summed E-state index contributed by atoms with van der Waals surface area (Å²) >= 11 is 0. The van der Waals surface area contributed by atoms with Crippen LogP contribution in [-0.4, -0.2) is 28.0 Å². The molecule has 1 amide bonds. The molecule has 7 nitrogen and oxygen atoms in total. The number of sulfonamides is 1. The highest BCUT2D eigenvalue weighted by Gasteiger charge is 2.15. The van der Waals surface area contributed by atoms with Crippen molar-refractivity contribution in [1.29, 1.82) is 0 Å². The topological polar surface area (TPSA) is 93.7 Å². The number of carbonyl (C=O) groups excluding carboxylic acids is 1. The number of carbonyl (C=O) groups is 1. The molecule has 3 aromatic carbocycles. The van der Waals surface area contributed by atoms with E-state index in [1.165, 1.54) is 31.4 Å². The summed E-state index contributed by atoms with van der Waals surface area (Å²) < 4.78 is 38.3. The molecule has 3 aromatic rings. The number of benzene rings is 3. The number of hydrogen-bond donors (Lipinski definition) is 2. The van der Waals surface area contributed by atoms with Crippen molar-refractivity contribution < 1.29 is 22.7 Å². The molecule has 2 N–H and O–H groups in total. The normalized spacial score (nSPS) is 10.9. The van der Waals surface area contributed by atoms with Gasteiger partial charge in [0.15, 0.2) is 0 Å². The van der Waals surface area contributed by atoms with Gasteiger partial charge >= 0.3 is 0 Å². The maximum Gasteiger partial charge on any atom is 0.261 e. The van der Waals surface area contributed by atoms with E-state index in [9.17, 15) is 13.2 Å². The van der Waals surface area contributed by atoms with Crippen molar-refractivity contribution in [2.45, 2.75) is 18.2 Å². The number of hydrogen-bond acceptors (Lipinski definition) is 5. The summed E-state index contributed by atoms with van der Waals surface area (Å²) in [6.07, 6.45) is 0.874. The van der Waals surface area contributed by atoms with Crippen LogP contribution in [0.25, 0.3) is 0 Å². The van der Waals surface area contributed by atoms with E-state index < -0.39 is 10.0 Å². The van der Waals surface area contributed by atoms with E-state index in [1.54, 1.807) is 48.5 Å². The van der Waals surface area contributed by atoms with E-state index in [2.05, 4.69) is 10.0 Å². The number of methoxy groups -OCH3 is 1. The molecule has 8 heteroatoms. The first kappa shape index (κ1) is 22.2. The highest BCUT2D eigenvalue weighted by Crippen LogP contribution is 2.21. The van der Waals surface area contributed by atoms with Crippen LogP contribution in [0.3, 0.4) is 0 Å². The molecule has 0 saturated heterocycles. The molecule has 0 radical (unpaired) electrons. The van der Waals surface area contributed by atoms with Gasteiger partial charge in [-0.15, -0.1) is 0 Å². The van der Waals surface area contributed by atoms with E-state index in [1.807, 2.05) is 6.92 Å². The fourth-order valence-electron chi connectivity index (χ4n) is 2.74. The minimum atomic E-state index is -3.76. The van der Waals surface area contributed by atoms with E-state index in [0.29, 0.717) is 35.0 Å². The lowest BCUT2D eigenvalue weighted by Crippen LogP contribution is -2.14. The van der Waals surface area contributed by atoms with Gasteiger partial charge in [0.1, 0.15) is 11.5 Å². The Labute approximate surface area is 182 Å². The van der Waals surface area contributed by atoms with Crippen molar-refractivity contribution in [1.82, 2.24) is 0 Å². The predicted molar refractivity (Wildman–Crippen MR) is 120 cm³/mol. The van der Waals surface area contributed by atoms with Gasteiger partial charge in [-0.3, -0.25) is 9.52 Å². The van der Waals surface area contributed by atoms with E-state index >= 15 is 0 Å². The van der Waals surface area contributed by atoms with Gasteiger partial charge < -0.3 is 14.8 Å². The molecule has 31 heavy (non-hydrogen) atoms. The van der Waals surface area contributed by atoms with Crippen LogP contribution in [0.5, 0.6) is 11.5 Å². The van der Waals surface area contributed by atoms with Gasteiger partial charge in [0.2, 0.25) is 0 Å². The SMILES string of the molecule is CCCOc1cccc(C(=O)Nc2ccc(S(=O)(=O)Nc3ccc(OC)cc3)cc2)c1. The Morgan fingerprint density at radius 2 is 1.58 bits per heavy atom. The van der Waals surface area contributed by atoms with Crippen LogP contribution >= 0.6 is 0 Å². The summed E-state index contributed by atoms with van der Waals surface area (Å²) in [7, 11) is -2.23. The molecular weight excluding hydrogens is 416 g/mol. The molecule has 0 spiro atoms. The highest BCUT2D eigenvalue weighted by atomic mass is 32.2. The second-order valence-electron chi connectivity index (χ2n) is 6.69. The van der Waals surface area contributed by atoms with Gasteiger partial charge in [-0.2, -0.15) is 0 Å². The lowest BCUT2D eigenvalue weighted by Gasteiger charge is -2.10. The van der Waals surface area contributed by atoms with Gasteiger partial charge in [0.05, 0.1) is 18.6 Å². The number of anilines is 2. The van der Waals surface area contributed by atoms with E-state index in [-0.39, 0.29) is 10.8 Å². The smallest absolute Gasteiger partial charge is 0.261 e. The molecule has 0 aromatic heterocycles. The number of ether oxygens (including phenoxy) is 2. The Morgan fingerprint density at radius 1 is 0.903 bits per heavy atom. The predicted octanol–water partition coefficient (Wildman–Crippen LogP) is 4.54. The van der Waals surface area contributed by atoms with Gasteiger partial charge in [0, 0.05) is 16.9 Å². The molecule has 0 unspecified atom stereocenters. The fraction of sp³-hybridized carbons (Fsp3) is 0.174. The molecule has 0 aliphatic carbocycles. The number of nitrogens with one attached hydrogen (secondary N) is 2. The van der Waals surface area contributed by atoms with Crippen LogP contribution in [0.1, 0.15) is 23.7 Å². The van der Waals surface area contributed by atoms with Gasteiger partial charge in [-0.1, -0.05) is 13.0 Å².